The minimum Gasteiger partial charge on any atom is -0.459 e. The summed E-state index contributed by atoms with van der Waals surface area (Å²) in [6.07, 6.45) is -0.109. The minimum atomic E-state index is -0.675. The number of hydrogen-bond acceptors (Lipinski definition) is 3. The van der Waals surface area contributed by atoms with Gasteiger partial charge in [-0.05, 0) is 19.4 Å². The van der Waals surface area contributed by atoms with Crippen molar-refractivity contribution in [2.45, 2.75) is 39.0 Å². The van der Waals surface area contributed by atoms with E-state index in [0.29, 0.717) is 6.54 Å². The fourth-order valence-electron chi connectivity index (χ4n) is 3.21. The van der Waals surface area contributed by atoms with Crippen LogP contribution in [0.2, 0.25) is 0 Å². The van der Waals surface area contributed by atoms with Crippen LogP contribution in [0.25, 0.3) is 0 Å². The van der Waals surface area contributed by atoms with E-state index in [0.717, 1.165) is 5.56 Å². The number of nitrogens with zero attached hydrogens (tertiary/aromatic N) is 1. The molecule has 0 saturated carbocycles. The molecule has 2 aliphatic rings. The second-order valence-electron chi connectivity index (χ2n) is 5.66. The molecule has 19 heavy (non-hydrogen) atoms. The van der Waals surface area contributed by atoms with Crippen LogP contribution < -0.4 is 0 Å². The average molecular weight is 259 g/mol. The van der Waals surface area contributed by atoms with E-state index in [-0.39, 0.29) is 30.4 Å². The third-order valence-electron chi connectivity index (χ3n) is 4.27. The number of amides is 1. The molecular weight excluding hydrogens is 242 g/mol. The quantitative estimate of drug-likeness (QED) is 0.760. The minimum absolute atomic E-state index is 0.0275. The van der Waals surface area contributed by atoms with Crippen molar-refractivity contribution in [3.63, 3.8) is 0 Å². The summed E-state index contributed by atoms with van der Waals surface area (Å²) in [6, 6.07) is 9.82. The molecule has 2 saturated heterocycles. The Balaban J connectivity index is 1.86. The Morgan fingerprint density at radius 2 is 2.00 bits per heavy atom. The lowest BCUT2D eigenvalue weighted by atomic mass is 9.83. The van der Waals surface area contributed by atoms with Gasteiger partial charge >= 0.3 is 5.97 Å². The number of rotatable bonds is 2. The van der Waals surface area contributed by atoms with Crippen LogP contribution in [-0.2, 0) is 20.9 Å². The lowest BCUT2D eigenvalue weighted by Gasteiger charge is -2.24. The van der Waals surface area contributed by atoms with Crippen LogP contribution in [0.4, 0.5) is 0 Å². The van der Waals surface area contributed by atoms with Gasteiger partial charge in [0.1, 0.15) is 6.10 Å². The maximum atomic E-state index is 12.6. The zero-order chi connectivity index (χ0) is 13.6. The molecule has 0 radical (unpaired) electrons. The van der Waals surface area contributed by atoms with Gasteiger partial charge in [0, 0.05) is 6.54 Å². The highest BCUT2D eigenvalue weighted by Gasteiger charge is 2.61. The molecule has 3 rings (SSSR count). The summed E-state index contributed by atoms with van der Waals surface area (Å²) in [7, 11) is 0. The Hall–Kier alpha value is -1.84. The first-order valence-electron chi connectivity index (χ1n) is 6.57. The van der Waals surface area contributed by atoms with Gasteiger partial charge in [-0.2, -0.15) is 0 Å². The predicted molar refractivity (Wildman–Crippen MR) is 69.1 cm³/mol. The smallest absolute Gasteiger partial charge is 0.307 e. The number of carbonyl (C=O) groups excluding carboxylic acids is 2. The van der Waals surface area contributed by atoms with Gasteiger partial charge in [-0.3, -0.25) is 9.59 Å². The number of benzene rings is 1. The molecule has 4 nitrogen and oxygen atoms in total. The monoisotopic (exact) mass is 259 g/mol. The van der Waals surface area contributed by atoms with Crippen molar-refractivity contribution >= 4 is 11.9 Å². The second-order valence-corrected chi connectivity index (χ2v) is 5.66. The Kier molecular flexibility index (Phi) is 2.62. The van der Waals surface area contributed by atoms with E-state index in [4.69, 9.17) is 4.74 Å². The van der Waals surface area contributed by atoms with Crippen LogP contribution in [0.5, 0.6) is 0 Å². The number of fused-ring (bicyclic) bond motifs is 1. The number of carbonyl (C=O) groups is 2. The van der Waals surface area contributed by atoms with E-state index in [1.54, 1.807) is 0 Å². The number of esters is 1. The average Bonchev–Trinajstić information content (AvgIpc) is 2.78. The Morgan fingerprint density at radius 3 is 2.63 bits per heavy atom. The van der Waals surface area contributed by atoms with E-state index in [1.807, 2.05) is 49.1 Å². The van der Waals surface area contributed by atoms with E-state index in [2.05, 4.69) is 0 Å². The van der Waals surface area contributed by atoms with Crippen LogP contribution in [0.15, 0.2) is 30.3 Å². The van der Waals surface area contributed by atoms with Crippen molar-refractivity contribution < 1.29 is 14.3 Å². The number of likely N-dealkylation sites (tertiary alicyclic amines) is 1. The molecule has 1 aromatic carbocycles. The van der Waals surface area contributed by atoms with Crippen molar-refractivity contribution in [3.05, 3.63) is 35.9 Å². The highest BCUT2D eigenvalue weighted by molar-refractivity contribution is 5.93. The molecule has 3 atom stereocenters. The molecule has 2 unspecified atom stereocenters. The van der Waals surface area contributed by atoms with Gasteiger partial charge in [-0.15, -0.1) is 0 Å². The molecule has 0 aromatic heterocycles. The van der Waals surface area contributed by atoms with Crippen molar-refractivity contribution in [2.24, 2.45) is 5.41 Å². The van der Waals surface area contributed by atoms with Gasteiger partial charge in [0.25, 0.3) is 0 Å². The summed E-state index contributed by atoms with van der Waals surface area (Å²) in [4.78, 5) is 25.8. The van der Waals surface area contributed by atoms with E-state index in [1.165, 1.54) is 0 Å². The third kappa shape index (κ3) is 1.74. The van der Waals surface area contributed by atoms with Crippen LogP contribution in [-0.4, -0.2) is 28.9 Å². The maximum Gasteiger partial charge on any atom is 0.307 e. The molecule has 0 bridgehead atoms. The molecule has 4 heteroatoms. The molecule has 0 spiro atoms. The zero-order valence-electron chi connectivity index (χ0n) is 11.1. The van der Waals surface area contributed by atoms with Crippen LogP contribution in [0, 0.1) is 5.41 Å². The molecule has 1 aromatic rings. The SMILES string of the molecule is C[C@@H]1C2OC(=O)CC2(C)C(=O)N1Cc1ccccc1. The van der Waals surface area contributed by atoms with Gasteiger partial charge in [-0.1, -0.05) is 30.3 Å². The number of ether oxygens (including phenoxy) is 1. The van der Waals surface area contributed by atoms with Crippen LogP contribution in [0.3, 0.4) is 0 Å². The summed E-state index contributed by atoms with van der Waals surface area (Å²) >= 11 is 0. The number of hydrogen-bond donors (Lipinski definition) is 0. The standard InChI is InChI=1S/C15H17NO3/c1-10-13-15(2,8-12(17)19-13)14(18)16(10)9-11-6-4-3-5-7-11/h3-7,10,13H,8-9H2,1-2H3/t10-,13?,15?/m1/s1. The van der Waals surface area contributed by atoms with E-state index >= 15 is 0 Å². The summed E-state index contributed by atoms with van der Waals surface area (Å²) in [5.41, 5.74) is 0.420. The molecular formula is C15H17NO3. The fraction of sp³-hybridized carbons (Fsp3) is 0.467. The lowest BCUT2D eigenvalue weighted by Crippen LogP contribution is -2.35. The third-order valence-corrected chi connectivity index (χ3v) is 4.27. The Bertz CT molecular complexity index is 527. The topological polar surface area (TPSA) is 46.6 Å². The van der Waals surface area contributed by atoms with Crippen molar-refractivity contribution in [1.82, 2.24) is 4.90 Å². The first kappa shape index (κ1) is 12.2. The fourth-order valence-corrected chi connectivity index (χ4v) is 3.21. The maximum absolute atomic E-state index is 12.6. The van der Waals surface area contributed by atoms with Gasteiger partial charge < -0.3 is 9.64 Å². The van der Waals surface area contributed by atoms with Crippen molar-refractivity contribution in [3.8, 4) is 0 Å². The molecule has 2 aliphatic heterocycles. The van der Waals surface area contributed by atoms with Crippen LogP contribution >= 0.6 is 0 Å². The molecule has 0 N–H and O–H groups in total. The van der Waals surface area contributed by atoms with E-state index < -0.39 is 5.41 Å². The summed E-state index contributed by atoms with van der Waals surface area (Å²) in [6.45, 7) is 4.37. The normalized spacial score (nSPS) is 33.5. The summed E-state index contributed by atoms with van der Waals surface area (Å²) in [5, 5.41) is 0. The summed E-state index contributed by atoms with van der Waals surface area (Å²) < 4.78 is 5.34. The van der Waals surface area contributed by atoms with E-state index in [9.17, 15) is 9.59 Å². The Labute approximate surface area is 112 Å². The second kappa shape index (κ2) is 4.08. The van der Waals surface area contributed by atoms with Crippen LogP contribution in [0.1, 0.15) is 25.8 Å². The van der Waals surface area contributed by atoms with Gasteiger partial charge in [0.2, 0.25) is 5.91 Å². The summed E-state index contributed by atoms with van der Waals surface area (Å²) in [5.74, 6) is -0.230. The largest absolute Gasteiger partial charge is 0.459 e. The molecule has 0 aliphatic carbocycles. The zero-order valence-corrected chi connectivity index (χ0v) is 11.1. The molecule has 2 fully saturated rings. The van der Waals surface area contributed by atoms with Gasteiger partial charge in [-0.25, -0.2) is 0 Å². The highest BCUT2D eigenvalue weighted by Crippen LogP contribution is 2.46. The highest BCUT2D eigenvalue weighted by atomic mass is 16.6. The van der Waals surface area contributed by atoms with Gasteiger partial charge in [0.15, 0.2) is 0 Å². The molecule has 100 valence electrons. The molecule has 2 heterocycles. The first-order chi connectivity index (χ1) is 9.02. The molecule has 1 amide bonds. The Morgan fingerprint density at radius 1 is 1.32 bits per heavy atom. The van der Waals surface area contributed by atoms with Crippen molar-refractivity contribution in [1.29, 1.82) is 0 Å². The lowest BCUT2D eigenvalue weighted by molar-refractivity contribution is -0.144. The first-order valence-corrected chi connectivity index (χ1v) is 6.57. The van der Waals surface area contributed by atoms with Crippen molar-refractivity contribution in [2.75, 3.05) is 0 Å². The van der Waals surface area contributed by atoms with Gasteiger partial charge in [0.05, 0.1) is 17.9 Å². The predicted octanol–water partition coefficient (Wildman–Crippen LogP) is 1.74.